The second kappa shape index (κ2) is 6.72. The number of rotatable bonds is 3. The van der Waals surface area contributed by atoms with Crippen LogP contribution in [-0.2, 0) is 16.0 Å². The van der Waals surface area contributed by atoms with Crippen LogP contribution in [0.4, 0.5) is 5.69 Å². The maximum Gasteiger partial charge on any atom is 0.342 e. The summed E-state index contributed by atoms with van der Waals surface area (Å²) in [7, 11) is 0. The Morgan fingerprint density at radius 2 is 1.93 bits per heavy atom. The molecule has 0 radical (unpaired) electrons. The molecule has 0 saturated carbocycles. The van der Waals surface area contributed by atoms with Crippen molar-refractivity contribution in [1.82, 2.24) is 0 Å². The van der Waals surface area contributed by atoms with Crippen LogP contribution in [0.2, 0.25) is 0 Å². The molecule has 5 heteroatoms. The molecule has 2 aromatic rings. The zero-order chi connectivity index (χ0) is 19.1. The quantitative estimate of drug-likeness (QED) is 0.778. The van der Waals surface area contributed by atoms with Gasteiger partial charge in [-0.25, -0.2) is 4.79 Å². The van der Waals surface area contributed by atoms with E-state index in [0.29, 0.717) is 17.9 Å². The summed E-state index contributed by atoms with van der Waals surface area (Å²) in [6.45, 7) is 6.29. The fourth-order valence-electron chi connectivity index (χ4n) is 3.81. The van der Waals surface area contributed by atoms with Crippen LogP contribution in [0.15, 0.2) is 42.5 Å². The summed E-state index contributed by atoms with van der Waals surface area (Å²) in [5, 5.41) is 0. The van der Waals surface area contributed by atoms with E-state index in [4.69, 9.17) is 9.47 Å². The zero-order valence-electron chi connectivity index (χ0n) is 15.8. The second-order valence-corrected chi connectivity index (χ2v) is 7.25. The molecule has 2 aliphatic rings. The third-order valence-electron chi connectivity index (χ3n) is 5.55. The minimum absolute atomic E-state index is 0.00843. The third kappa shape index (κ3) is 2.97. The lowest BCUT2D eigenvalue weighted by Gasteiger charge is -2.22. The van der Waals surface area contributed by atoms with E-state index in [-0.39, 0.29) is 17.9 Å². The number of fused-ring (bicyclic) bond motifs is 2. The summed E-state index contributed by atoms with van der Waals surface area (Å²) in [5.41, 5.74) is 3.42. The molecule has 140 valence electrons. The summed E-state index contributed by atoms with van der Waals surface area (Å²) < 4.78 is 11.4. The van der Waals surface area contributed by atoms with E-state index in [1.54, 1.807) is 17.9 Å². The molecule has 0 unspecified atom stereocenters. The number of ether oxygens (including phenoxy) is 2. The standard InChI is InChI=1S/C22H23NO4/c1-13-14(2)26-20-17(13)8-6-9-18(20)22(25)27-15(3)21(24)23-12-11-16-7-4-5-10-19(16)23/h4-10,13-15H,11-12H2,1-3H3/t13-,14+,15-/m0/s1. The van der Waals surface area contributed by atoms with E-state index in [1.165, 1.54) is 0 Å². The Morgan fingerprint density at radius 1 is 1.15 bits per heavy atom. The first-order valence-corrected chi connectivity index (χ1v) is 9.37. The number of hydrogen-bond acceptors (Lipinski definition) is 4. The fourth-order valence-corrected chi connectivity index (χ4v) is 3.81. The lowest BCUT2D eigenvalue weighted by atomic mass is 9.97. The topological polar surface area (TPSA) is 55.8 Å². The summed E-state index contributed by atoms with van der Waals surface area (Å²) >= 11 is 0. The largest absolute Gasteiger partial charge is 0.489 e. The van der Waals surface area contributed by atoms with Crippen molar-refractivity contribution in [1.29, 1.82) is 0 Å². The number of anilines is 1. The number of carbonyl (C=O) groups excluding carboxylic acids is 2. The molecule has 0 N–H and O–H groups in total. The van der Waals surface area contributed by atoms with Crippen LogP contribution in [0.25, 0.3) is 0 Å². The Morgan fingerprint density at radius 3 is 2.74 bits per heavy atom. The molecular weight excluding hydrogens is 342 g/mol. The molecule has 27 heavy (non-hydrogen) atoms. The van der Waals surface area contributed by atoms with Crippen molar-refractivity contribution >= 4 is 17.6 Å². The van der Waals surface area contributed by atoms with Gasteiger partial charge in [-0.15, -0.1) is 0 Å². The molecule has 1 amide bonds. The van der Waals surface area contributed by atoms with Crippen molar-refractivity contribution < 1.29 is 19.1 Å². The number of amides is 1. The number of hydrogen-bond donors (Lipinski definition) is 0. The normalized spacial score (nSPS) is 21.2. The number of carbonyl (C=O) groups is 2. The fraction of sp³-hybridized carbons (Fsp3) is 0.364. The number of esters is 1. The molecule has 2 aliphatic heterocycles. The summed E-state index contributed by atoms with van der Waals surface area (Å²) in [6.07, 6.45) is -0.0388. The Labute approximate surface area is 158 Å². The van der Waals surface area contributed by atoms with Gasteiger partial charge in [0, 0.05) is 23.7 Å². The van der Waals surface area contributed by atoms with Gasteiger partial charge in [-0.05, 0) is 38.0 Å². The molecule has 0 saturated heterocycles. The van der Waals surface area contributed by atoms with Gasteiger partial charge in [0.2, 0.25) is 0 Å². The van der Waals surface area contributed by atoms with Gasteiger partial charge >= 0.3 is 5.97 Å². The van der Waals surface area contributed by atoms with E-state index >= 15 is 0 Å². The van der Waals surface area contributed by atoms with Crippen LogP contribution in [0.3, 0.4) is 0 Å². The van der Waals surface area contributed by atoms with Crippen LogP contribution in [0.1, 0.15) is 48.2 Å². The van der Waals surface area contributed by atoms with Crippen LogP contribution >= 0.6 is 0 Å². The SMILES string of the molecule is C[C@H](OC(=O)c1cccc2c1O[C@H](C)[C@@H]2C)C(=O)N1CCc2ccccc21. The van der Waals surface area contributed by atoms with Crippen LogP contribution in [-0.4, -0.2) is 30.6 Å². The molecular formula is C22H23NO4. The minimum Gasteiger partial charge on any atom is -0.489 e. The minimum atomic E-state index is -0.865. The molecule has 0 fully saturated rings. The summed E-state index contributed by atoms with van der Waals surface area (Å²) in [5.74, 6) is 0.0617. The summed E-state index contributed by atoms with van der Waals surface area (Å²) in [6, 6.07) is 13.3. The first kappa shape index (κ1) is 17.6. The Kier molecular flexibility index (Phi) is 4.38. The highest BCUT2D eigenvalue weighted by Gasteiger charge is 2.34. The van der Waals surface area contributed by atoms with Crippen LogP contribution in [0, 0.1) is 0 Å². The third-order valence-corrected chi connectivity index (χ3v) is 5.55. The van der Waals surface area contributed by atoms with Crippen molar-refractivity contribution in [3.8, 4) is 5.75 Å². The molecule has 5 nitrogen and oxygen atoms in total. The Bertz CT molecular complexity index is 907. The molecule has 0 bridgehead atoms. The smallest absolute Gasteiger partial charge is 0.342 e. The highest BCUT2D eigenvalue weighted by molar-refractivity contribution is 6.01. The molecule has 2 aromatic carbocycles. The van der Waals surface area contributed by atoms with Crippen molar-refractivity contribution in [2.75, 3.05) is 11.4 Å². The monoisotopic (exact) mass is 365 g/mol. The van der Waals surface area contributed by atoms with E-state index in [9.17, 15) is 9.59 Å². The van der Waals surface area contributed by atoms with Crippen molar-refractivity contribution in [2.24, 2.45) is 0 Å². The van der Waals surface area contributed by atoms with Gasteiger partial charge in [-0.1, -0.05) is 37.3 Å². The van der Waals surface area contributed by atoms with Crippen molar-refractivity contribution in [3.05, 3.63) is 59.2 Å². The van der Waals surface area contributed by atoms with Gasteiger partial charge in [0.05, 0.1) is 0 Å². The average Bonchev–Trinajstić information content (AvgIpc) is 3.22. The maximum atomic E-state index is 12.8. The molecule has 0 spiro atoms. The van der Waals surface area contributed by atoms with Gasteiger partial charge < -0.3 is 14.4 Å². The second-order valence-electron chi connectivity index (χ2n) is 7.25. The van der Waals surface area contributed by atoms with Crippen molar-refractivity contribution in [3.63, 3.8) is 0 Å². The number of nitrogens with zero attached hydrogens (tertiary/aromatic N) is 1. The van der Waals surface area contributed by atoms with Crippen LogP contribution < -0.4 is 9.64 Å². The molecule has 0 aliphatic carbocycles. The predicted octanol–water partition coefficient (Wildman–Crippen LogP) is 3.71. The lowest BCUT2D eigenvalue weighted by Crippen LogP contribution is -2.39. The van der Waals surface area contributed by atoms with Gasteiger partial charge in [0.15, 0.2) is 6.10 Å². The average molecular weight is 365 g/mol. The zero-order valence-corrected chi connectivity index (χ0v) is 15.8. The summed E-state index contributed by atoms with van der Waals surface area (Å²) in [4.78, 5) is 27.2. The van der Waals surface area contributed by atoms with E-state index < -0.39 is 12.1 Å². The predicted molar refractivity (Wildman–Crippen MR) is 102 cm³/mol. The number of benzene rings is 2. The Hall–Kier alpha value is -2.82. The lowest BCUT2D eigenvalue weighted by molar-refractivity contribution is -0.126. The molecule has 3 atom stereocenters. The van der Waals surface area contributed by atoms with Crippen LogP contribution in [0.5, 0.6) is 5.75 Å². The Balaban J connectivity index is 1.51. The van der Waals surface area contributed by atoms with Gasteiger partial charge in [0.1, 0.15) is 17.4 Å². The molecule has 0 aromatic heterocycles. The van der Waals surface area contributed by atoms with Gasteiger partial charge in [-0.3, -0.25) is 4.79 Å². The van der Waals surface area contributed by atoms with E-state index in [1.807, 2.05) is 43.3 Å². The molecule has 4 rings (SSSR count). The number of para-hydroxylation sites is 2. The maximum absolute atomic E-state index is 12.8. The van der Waals surface area contributed by atoms with E-state index in [0.717, 1.165) is 23.2 Å². The van der Waals surface area contributed by atoms with Crippen molar-refractivity contribution in [2.45, 2.75) is 45.3 Å². The van der Waals surface area contributed by atoms with Gasteiger partial charge in [-0.2, -0.15) is 0 Å². The first-order chi connectivity index (χ1) is 13.0. The molecule has 2 heterocycles. The highest BCUT2D eigenvalue weighted by Crippen LogP contribution is 2.40. The highest BCUT2D eigenvalue weighted by atomic mass is 16.6. The first-order valence-electron chi connectivity index (χ1n) is 9.37. The van der Waals surface area contributed by atoms with E-state index in [2.05, 4.69) is 6.92 Å². The van der Waals surface area contributed by atoms with Gasteiger partial charge in [0.25, 0.3) is 5.91 Å².